The predicted molar refractivity (Wildman–Crippen MR) is 32.5 cm³/mol. The molecule has 5 heteroatoms. The van der Waals surface area contributed by atoms with Gasteiger partial charge in [0.05, 0.1) is 6.42 Å². The van der Waals surface area contributed by atoms with Crippen LogP contribution < -0.4 is 0 Å². The molecule has 0 bridgehead atoms. The molecule has 1 rings (SSSR count). The molecule has 1 fully saturated rings. The van der Waals surface area contributed by atoms with E-state index in [2.05, 4.69) is 9.47 Å². The van der Waals surface area contributed by atoms with Crippen LogP contribution in [0.4, 0.5) is 0 Å². The molecule has 1 heterocycles. The van der Waals surface area contributed by atoms with Gasteiger partial charge in [-0.25, -0.2) is 4.79 Å². The molecule has 1 unspecified atom stereocenters. The maximum absolute atomic E-state index is 10.6. The van der Waals surface area contributed by atoms with Crippen LogP contribution in [0.3, 0.4) is 0 Å². The summed E-state index contributed by atoms with van der Waals surface area (Å²) in [5.74, 6) is -1.34. The average Bonchev–Trinajstić information content (AvgIpc) is 1.95. The third-order valence-electron chi connectivity index (χ3n) is 1.22. The van der Waals surface area contributed by atoms with E-state index in [0.717, 1.165) is 0 Å². The summed E-state index contributed by atoms with van der Waals surface area (Å²) in [6, 6.07) is 0. The highest BCUT2D eigenvalue weighted by atomic mass is 16.6. The maximum Gasteiger partial charge on any atom is 0.335 e. The zero-order valence-electron chi connectivity index (χ0n) is 5.78. The molecular formula is C6H8O5. The fourth-order valence-electron chi connectivity index (χ4n) is 0.694. The fourth-order valence-corrected chi connectivity index (χ4v) is 0.694. The van der Waals surface area contributed by atoms with Crippen LogP contribution in [0.2, 0.25) is 0 Å². The Balaban J connectivity index is 2.51. The largest absolute Gasteiger partial charge is 0.462 e. The Morgan fingerprint density at radius 3 is 2.64 bits per heavy atom. The summed E-state index contributed by atoms with van der Waals surface area (Å²) in [4.78, 5) is 21.2. The van der Waals surface area contributed by atoms with Gasteiger partial charge in [0.1, 0.15) is 13.2 Å². The maximum atomic E-state index is 10.6. The smallest absolute Gasteiger partial charge is 0.335 e. The van der Waals surface area contributed by atoms with E-state index in [1.54, 1.807) is 0 Å². The van der Waals surface area contributed by atoms with Crippen molar-refractivity contribution in [2.24, 2.45) is 0 Å². The summed E-state index contributed by atoms with van der Waals surface area (Å²) in [7, 11) is 0. The van der Waals surface area contributed by atoms with Gasteiger partial charge in [0.2, 0.25) is 0 Å². The molecule has 1 saturated heterocycles. The second-order valence-corrected chi connectivity index (χ2v) is 2.11. The molecule has 0 aromatic rings. The first-order valence-electron chi connectivity index (χ1n) is 3.20. The number of rotatable bonds is 0. The molecule has 0 aromatic carbocycles. The standard InChI is InChI=1S/C6H8O5/c7-4-3-5(8)10-1-2-11-6(4)9/h4,7H,1-3H2. The SMILES string of the molecule is O=C1CC(O)C(=O)OCCO1. The van der Waals surface area contributed by atoms with Crippen molar-refractivity contribution in [3.05, 3.63) is 0 Å². The lowest BCUT2D eigenvalue weighted by atomic mass is 10.2. The number of carbonyl (C=O) groups is 2. The molecule has 0 saturated carbocycles. The highest BCUT2D eigenvalue weighted by Crippen LogP contribution is 2.01. The molecule has 5 nitrogen and oxygen atoms in total. The van der Waals surface area contributed by atoms with Crippen LogP contribution in [0.25, 0.3) is 0 Å². The number of aliphatic hydroxyl groups excluding tert-OH is 1. The average molecular weight is 160 g/mol. The number of carbonyl (C=O) groups excluding carboxylic acids is 2. The number of aliphatic hydroxyl groups is 1. The van der Waals surface area contributed by atoms with Gasteiger partial charge in [0.15, 0.2) is 6.10 Å². The van der Waals surface area contributed by atoms with E-state index in [9.17, 15) is 9.59 Å². The lowest BCUT2D eigenvalue weighted by molar-refractivity contribution is -0.168. The second kappa shape index (κ2) is 3.34. The fraction of sp³-hybridized carbons (Fsp3) is 0.667. The van der Waals surface area contributed by atoms with Gasteiger partial charge in [-0.15, -0.1) is 0 Å². The normalized spacial score (nSPS) is 26.5. The molecule has 0 aromatic heterocycles. The van der Waals surface area contributed by atoms with Crippen LogP contribution >= 0.6 is 0 Å². The van der Waals surface area contributed by atoms with Crippen LogP contribution in [0.1, 0.15) is 6.42 Å². The van der Waals surface area contributed by atoms with Gasteiger partial charge in [-0.1, -0.05) is 0 Å². The topological polar surface area (TPSA) is 72.8 Å². The van der Waals surface area contributed by atoms with Gasteiger partial charge in [-0.3, -0.25) is 4.79 Å². The van der Waals surface area contributed by atoms with Crippen molar-refractivity contribution in [1.29, 1.82) is 0 Å². The van der Waals surface area contributed by atoms with Crippen LogP contribution in [0.15, 0.2) is 0 Å². The van der Waals surface area contributed by atoms with Crippen molar-refractivity contribution in [2.45, 2.75) is 12.5 Å². The minimum atomic E-state index is -1.37. The molecule has 11 heavy (non-hydrogen) atoms. The molecule has 0 radical (unpaired) electrons. The zero-order valence-corrected chi connectivity index (χ0v) is 5.78. The molecule has 0 amide bonds. The highest BCUT2D eigenvalue weighted by molar-refractivity contribution is 5.81. The summed E-state index contributed by atoms with van der Waals surface area (Å²) in [6.45, 7) is 0.0823. The van der Waals surface area contributed by atoms with Gasteiger partial charge in [0, 0.05) is 0 Å². The Kier molecular flexibility index (Phi) is 2.43. The Bertz CT molecular complexity index is 176. The third kappa shape index (κ3) is 2.19. The number of hydrogen-bond donors (Lipinski definition) is 1. The first-order chi connectivity index (χ1) is 5.20. The van der Waals surface area contributed by atoms with Crippen molar-refractivity contribution in [3.8, 4) is 0 Å². The Hall–Kier alpha value is -1.10. The van der Waals surface area contributed by atoms with Crippen LogP contribution in [0, 0.1) is 0 Å². The van der Waals surface area contributed by atoms with E-state index in [0.29, 0.717) is 0 Å². The van der Waals surface area contributed by atoms with Crippen molar-refractivity contribution in [2.75, 3.05) is 13.2 Å². The van der Waals surface area contributed by atoms with Crippen LogP contribution in [-0.4, -0.2) is 36.4 Å². The Labute approximate surface area is 62.9 Å². The molecule has 1 N–H and O–H groups in total. The van der Waals surface area contributed by atoms with E-state index >= 15 is 0 Å². The first-order valence-corrected chi connectivity index (χ1v) is 3.20. The van der Waals surface area contributed by atoms with E-state index in [1.165, 1.54) is 0 Å². The molecule has 0 spiro atoms. The molecular weight excluding hydrogens is 152 g/mol. The minimum Gasteiger partial charge on any atom is -0.462 e. The summed E-state index contributed by atoms with van der Waals surface area (Å²) in [5.41, 5.74) is 0. The number of esters is 2. The highest BCUT2D eigenvalue weighted by Gasteiger charge is 2.23. The third-order valence-corrected chi connectivity index (χ3v) is 1.22. The van der Waals surface area contributed by atoms with Gasteiger partial charge >= 0.3 is 11.9 Å². The molecule has 1 aliphatic rings. The summed E-state index contributed by atoms with van der Waals surface area (Å²) < 4.78 is 9.00. The number of cyclic esters (lactones) is 2. The predicted octanol–water partition coefficient (Wildman–Crippen LogP) is -1.16. The molecule has 1 atom stereocenters. The van der Waals surface area contributed by atoms with Crippen molar-refractivity contribution >= 4 is 11.9 Å². The van der Waals surface area contributed by atoms with Gasteiger partial charge in [-0.2, -0.15) is 0 Å². The molecule has 1 aliphatic heterocycles. The number of ether oxygens (including phenoxy) is 2. The van der Waals surface area contributed by atoms with E-state index in [1.807, 2.05) is 0 Å². The van der Waals surface area contributed by atoms with Gasteiger partial charge < -0.3 is 14.6 Å². The summed E-state index contributed by atoms with van der Waals surface area (Å²) in [6.07, 6.45) is -1.69. The monoisotopic (exact) mass is 160 g/mol. The lowest BCUT2D eigenvalue weighted by Crippen LogP contribution is -2.31. The number of hydrogen-bond acceptors (Lipinski definition) is 5. The van der Waals surface area contributed by atoms with Gasteiger partial charge in [0.25, 0.3) is 0 Å². The lowest BCUT2D eigenvalue weighted by Gasteiger charge is -2.13. The summed E-state index contributed by atoms with van der Waals surface area (Å²) in [5, 5.41) is 8.88. The quantitative estimate of drug-likeness (QED) is 0.452. The second-order valence-electron chi connectivity index (χ2n) is 2.11. The van der Waals surface area contributed by atoms with Gasteiger partial charge in [-0.05, 0) is 0 Å². The first kappa shape index (κ1) is 8.00. The van der Waals surface area contributed by atoms with Crippen LogP contribution in [-0.2, 0) is 19.1 Å². The van der Waals surface area contributed by atoms with Crippen molar-refractivity contribution < 1.29 is 24.2 Å². The Morgan fingerprint density at radius 1 is 1.27 bits per heavy atom. The molecule has 0 aliphatic carbocycles. The van der Waals surface area contributed by atoms with E-state index < -0.39 is 18.0 Å². The van der Waals surface area contributed by atoms with Crippen molar-refractivity contribution in [3.63, 3.8) is 0 Å². The van der Waals surface area contributed by atoms with E-state index in [4.69, 9.17) is 5.11 Å². The Morgan fingerprint density at radius 2 is 1.91 bits per heavy atom. The zero-order chi connectivity index (χ0) is 8.27. The molecule has 62 valence electrons. The minimum absolute atomic E-state index is 0.0155. The van der Waals surface area contributed by atoms with Crippen LogP contribution in [0.5, 0.6) is 0 Å². The van der Waals surface area contributed by atoms with E-state index in [-0.39, 0.29) is 19.6 Å². The van der Waals surface area contributed by atoms with Crippen molar-refractivity contribution in [1.82, 2.24) is 0 Å². The summed E-state index contributed by atoms with van der Waals surface area (Å²) >= 11 is 0.